The van der Waals surface area contributed by atoms with E-state index in [0.29, 0.717) is 0 Å². The lowest BCUT2D eigenvalue weighted by Gasteiger charge is -2.00. The van der Waals surface area contributed by atoms with Gasteiger partial charge in [0.15, 0.2) is 0 Å². The number of aryl methyl sites for hydroxylation is 1. The van der Waals surface area contributed by atoms with Crippen molar-refractivity contribution in [1.29, 1.82) is 0 Å². The fourth-order valence-corrected chi connectivity index (χ4v) is 2.28. The predicted molar refractivity (Wildman–Crippen MR) is 67.1 cm³/mol. The zero-order chi connectivity index (χ0) is 12.3. The van der Waals surface area contributed by atoms with E-state index in [2.05, 4.69) is 5.10 Å². The fourth-order valence-electron chi connectivity index (χ4n) is 1.45. The largest absolute Gasteiger partial charge is 0.478 e. The third-order valence-electron chi connectivity index (χ3n) is 2.33. The highest BCUT2D eigenvalue weighted by atomic mass is 32.1. The minimum absolute atomic E-state index is 0.727. The second-order valence-electron chi connectivity index (χ2n) is 3.65. The minimum Gasteiger partial charge on any atom is -0.478 e. The molecule has 88 valence electrons. The first-order chi connectivity index (χ1) is 8.15. The van der Waals surface area contributed by atoms with Gasteiger partial charge in [-0.25, -0.2) is 4.79 Å². The molecule has 0 saturated heterocycles. The van der Waals surface area contributed by atoms with Crippen molar-refractivity contribution in [3.8, 4) is 0 Å². The average Bonchev–Trinajstić information content (AvgIpc) is 2.87. The van der Waals surface area contributed by atoms with Crippen LogP contribution in [0.2, 0.25) is 0 Å². The molecule has 0 bridgehead atoms. The highest BCUT2D eigenvalue weighted by Crippen LogP contribution is 2.17. The molecule has 0 spiro atoms. The van der Waals surface area contributed by atoms with E-state index in [9.17, 15) is 4.79 Å². The first kappa shape index (κ1) is 11.6. The number of hydrogen-bond donors (Lipinski definition) is 1. The van der Waals surface area contributed by atoms with E-state index in [1.807, 2.05) is 29.1 Å². The molecule has 4 nitrogen and oxygen atoms in total. The van der Waals surface area contributed by atoms with Crippen molar-refractivity contribution in [2.75, 3.05) is 0 Å². The van der Waals surface area contributed by atoms with E-state index < -0.39 is 5.97 Å². The number of rotatable bonds is 4. The van der Waals surface area contributed by atoms with Crippen LogP contribution in [0.3, 0.4) is 0 Å². The highest BCUT2D eigenvalue weighted by molar-refractivity contribution is 7.10. The quantitative estimate of drug-likeness (QED) is 0.845. The van der Waals surface area contributed by atoms with Gasteiger partial charge in [-0.3, -0.25) is 4.68 Å². The van der Waals surface area contributed by atoms with Gasteiger partial charge in [-0.15, -0.1) is 11.3 Å². The first-order valence-corrected chi connectivity index (χ1v) is 6.00. The van der Waals surface area contributed by atoms with Crippen molar-refractivity contribution in [1.82, 2.24) is 9.78 Å². The van der Waals surface area contributed by atoms with Gasteiger partial charge in [0.05, 0.1) is 6.54 Å². The van der Waals surface area contributed by atoms with E-state index in [-0.39, 0.29) is 0 Å². The first-order valence-electron chi connectivity index (χ1n) is 5.12. The van der Waals surface area contributed by atoms with E-state index >= 15 is 0 Å². The Morgan fingerprint density at radius 3 is 3.12 bits per heavy atom. The molecule has 17 heavy (non-hydrogen) atoms. The lowest BCUT2D eigenvalue weighted by molar-refractivity contribution is -0.131. The molecule has 2 rings (SSSR count). The Balaban J connectivity index is 2.09. The second kappa shape index (κ2) is 4.97. The van der Waals surface area contributed by atoms with Crippen molar-refractivity contribution in [2.45, 2.75) is 13.5 Å². The van der Waals surface area contributed by atoms with Crippen molar-refractivity contribution >= 4 is 23.4 Å². The molecule has 0 radical (unpaired) electrons. The summed E-state index contributed by atoms with van der Waals surface area (Å²) in [5, 5.41) is 14.7. The Morgan fingerprint density at radius 1 is 1.65 bits per heavy atom. The molecule has 0 amide bonds. The van der Waals surface area contributed by atoms with Gasteiger partial charge < -0.3 is 5.11 Å². The van der Waals surface area contributed by atoms with Gasteiger partial charge in [-0.05, 0) is 36.1 Å². The van der Waals surface area contributed by atoms with Gasteiger partial charge in [0, 0.05) is 22.8 Å². The summed E-state index contributed by atoms with van der Waals surface area (Å²) in [5.74, 6) is -0.930. The highest BCUT2D eigenvalue weighted by Gasteiger charge is 2.02. The third-order valence-corrected chi connectivity index (χ3v) is 3.27. The number of carbonyl (C=O) groups is 1. The molecular weight excluding hydrogens is 236 g/mol. The van der Waals surface area contributed by atoms with Crippen LogP contribution in [-0.4, -0.2) is 20.9 Å². The molecule has 2 aromatic rings. The molecule has 0 aliphatic carbocycles. The van der Waals surface area contributed by atoms with Gasteiger partial charge in [0.25, 0.3) is 0 Å². The van der Waals surface area contributed by atoms with Crippen LogP contribution in [0.1, 0.15) is 16.1 Å². The predicted octanol–water partition coefficient (Wildman–Crippen LogP) is 2.40. The number of carboxylic acid groups (broad SMARTS) is 1. The fraction of sp³-hybridized carbons (Fsp3) is 0.167. The summed E-state index contributed by atoms with van der Waals surface area (Å²) < 4.78 is 1.91. The number of aliphatic carboxylic acids is 1. The van der Waals surface area contributed by atoms with Crippen LogP contribution in [0.4, 0.5) is 0 Å². The number of nitrogens with zero attached hydrogens (tertiary/aromatic N) is 2. The molecule has 1 N–H and O–H groups in total. The molecular formula is C12H12N2O2S. The van der Waals surface area contributed by atoms with E-state index in [1.165, 1.54) is 0 Å². The van der Waals surface area contributed by atoms with Crippen LogP contribution in [0.5, 0.6) is 0 Å². The monoisotopic (exact) mass is 248 g/mol. The normalized spacial score (nSPS) is 11.1. The molecule has 0 aliphatic rings. The lowest BCUT2D eigenvalue weighted by Crippen LogP contribution is -2.01. The second-order valence-corrected chi connectivity index (χ2v) is 4.64. The molecule has 0 fully saturated rings. The van der Waals surface area contributed by atoms with E-state index in [0.717, 1.165) is 28.8 Å². The number of hydrogen-bond acceptors (Lipinski definition) is 3. The standard InChI is InChI=1S/C12H12N2O2S/c1-9-4-5-13-14(9)7-11-6-10(8-17-11)2-3-12(15)16/h2-6,8H,7H2,1H3,(H,15,16). The molecule has 0 atom stereocenters. The summed E-state index contributed by atoms with van der Waals surface area (Å²) in [7, 11) is 0. The van der Waals surface area contributed by atoms with E-state index in [4.69, 9.17) is 5.11 Å². The van der Waals surface area contributed by atoms with Crippen molar-refractivity contribution in [2.24, 2.45) is 0 Å². The zero-order valence-electron chi connectivity index (χ0n) is 9.33. The van der Waals surface area contributed by atoms with Crippen molar-refractivity contribution < 1.29 is 9.90 Å². The van der Waals surface area contributed by atoms with Gasteiger partial charge in [-0.2, -0.15) is 5.10 Å². The van der Waals surface area contributed by atoms with Gasteiger partial charge in [0.1, 0.15) is 0 Å². The van der Waals surface area contributed by atoms with E-state index in [1.54, 1.807) is 23.6 Å². The minimum atomic E-state index is -0.930. The summed E-state index contributed by atoms with van der Waals surface area (Å²) in [6.07, 6.45) is 4.51. The molecule has 2 aromatic heterocycles. The maximum absolute atomic E-state index is 10.4. The molecule has 2 heterocycles. The van der Waals surface area contributed by atoms with Crippen LogP contribution in [0.15, 0.2) is 29.8 Å². The lowest BCUT2D eigenvalue weighted by atomic mass is 10.3. The van der Waals surface area contributed by atoms with Gasteiger partial charge in [-0.1, -0.05) is 0 Å². The molecule has 5 heteroatoms. The molecule has 0 aromatic carbocycles. The zero-order valence-corrected chi connectivity index (χ0v) is 10.1. The van der Waals surface area contributed by atoms with Gasteiger partial charge in [0.2, 0.25) is 0 Å². The average molecular weight is 248 g/mol. The molecule has 0 unspecified atom stereocenters. The summed E-state index contributed by atoms with van der Waals surface area (Å²) in [4.78, 5) is 11.5. The topological polar surface area (TPSA) is 55.1 Å². The summed E-state index contributed by atoms with van der Waals surface area (Å²) >= 11 is 1.60. The summed E-state index contributed by atoms with van der Waals surface area (Å²) in [6, 6.07) is 3.93. The SMILES string of the molecule is Cc1ccnn1Cc1cc(C=CC(=O)O)cs1. The van der Waals surface area contributed by atoms with Crippen LogP contribution in [0.25, 0.3) is 6.08 Å². The summed E-state index contributed by atoms with van der Waals surface area (Å²) in [6.45, 7) is 2.73. The third kappa shape index (κ3) is 3.04. The Kier molecular flexibility index (Phi) is 3.39. The maximum atomic E-state index is 10.4. The van der Waals surface area contributed by atoms with Crippen LogP contribution in [-0.2, 0) is 11.3 Å². The van der Waals surface area contributed by atoms with Crippen LogP contribution in [0, 0.1) is 6.92 Å². The Bertz CT molecular complexity index is 554. The number of carboxylic acids is 1. The van der Waals surface area contributed by atoms with Crippen LogP contribution >= 0.6 is 11.3 Å². The van der Waals surface area contributed by atoms with Crippen molar-refractivity contribution in [3.63, 3.8) is 0 Å². The number of thiophene rings is 1. The smallest absolute Gasteiger partial charge is 0.328 e. The summed E-state index contributed by atoms with van der Waals surface area (Å²) in [5.41, 5.74) is 2.03. The van der Waals surface area contributed by atoms with Crippen LogP contribution < -0.4 is 0 Å². The van der Waals surface area contributed by atoms with Gasteiger partial charge >= 0.3 is 5.97 Å². The Hall–Kier alpha value is -1.88. The number of aromatic nitrogens is 2. The molecule has 0 saturated carbocycles. The Labute approximate surface area is 103 Å². The van der Waals surface area contributed by atoms with Crippen molar-refractivity contribution in [3.05, 3.63) is 45.9 Å². The maximum Gasteiger partial charge on any atom is 0.328 e. The molecule has 0 aliphatic heterocycles. The Morgan fingerprint density at radius 2 is 2.47 bits per heavy atom.